The van der Waals surface area contributed by atoms with Gasteiger partial charge in [0.15, 0.2) is 0 Å². The van der Waals surface area contributed by atoms with Crippen LogP contribution in [0, 0.1) is 0 Å². The van der Waals surface area contributed by atoms with Gasteiger partial charge in [-0.05, 0) is 67.2 Å². The van der Waals surface area contributed by atoms with E-state index in [4.69, 9.17) is 9.47 Å². The van der Waals surface area contributed by atoms with Crippen LogP contribution in [0.1, 0.15) is 30.5 Å². The van der Waals surface area contributed by atoms with E-state index in [1.807, 2.05) is 80.5 Å². The molecule has 0 aromatic heterocycles. The molecule has 1 amide bonds. The predicted molar refractivity (Wildman–Crippen MR) is 140 cm³/mol. The van der Waals surface area contributed by atoms with Crippen LogP contribution in [0.5, 0.6) is 11.5 Å². The number of nitrogens with zero attached hydrogens (tertiary/aromatic N) is 2. The van der Waals surface area contributed by atoms with E-state index in [1.165, 1.54) is 0 Å². The molecule has 0 saturated carbocycles. The number of amides is 1. The number of aliphatic hydroxyl groups excluding tert-OH is 1. The molecule has 3 aromatic rings. The van der Waals surface area contributed by atoms with Gasteiger partial charge < -0.3 is 24.4 Å². The number of methoxy groups -OCH3 is 1. The van der Waals surface area contributed by atoms with Gasteiger partial charge in [-0.25, -0.2) is 0 Å². The van der Waals surface area contributed by atoms with Crippen LogP contribution in [0.2, 0.25) is 0 Å². The number of carbonyl (C=O) groups excluding carboxylic acids is 2. The molecule has 1 N–H and O–H groups in total. The molecule has 4 rings (SSSR count). The van der Waals surface area contributed by atoms with Crippen LogP contribution in [0.4, 0.5) is 0 Å². The Morgan fingerprint density at radius 1 is 0.972 bits per heavy atom. The maximum absolute atomic E-state index is 13.3. The summed E-state index contributed by atoms with van der Waals surface area (Å²) in [4.78, 5) is 29.9. The third-order valence-electron chi connectivity index (χ3n) is 6.32. The van der Waals surface area contributed by atoms with E-state index in [2.05, 4.69) is 0 Å². The minimum Gasteiger partial charge on any atom is -0.507 e. The second-order valence-electron chi connectivity index (χ2n) is 9.14. The lowest BCUT2D eigenvalue weighted by Gasteiger charge is -2.26. The lowest BCUT2D eigenvalue weighted by molar-refractivity contribution is -0.140. The van der Waals surface area contributed by atoms with E-state index in [1.54, 1.807) is 18.1 Å². The number of ketones is 1. The Balaban J connectivity index is 1.79. The summed E-state index contributed by atoms with van der Waals surface area (Å²) in [5.41, 5.74) is 1.31. The van der Waals surface area contributed by atoms with Crippen molar-refractivity contribution in [2.45, 2.75) is 19.4 Å². The number of hydrogen-bond acceptors (Lipinski definition) is 6. The van der Waals surface area contributed by atoms with E-state index in [9.17, 15) is 14.7 Å². The number of rotatable bonds is 9. The fraction of sp³-hybridized carbons (Fsp3) is 0.310. The zero-order chi connectivity index (χ0) is 25.8. The summed E-state index contributed by atoms with van der Waals surface area (Å²) in [6.45, 7) is 3.58. The van der Waals surface area contributed by atoms with Crippen LogP contribution < -0.4 is 9.47 Å². The first kappa shape index (κ1) is 25.3. The van der Waals surface area contributed by atoms with Gasteiger partial charge in [-0.1, -0.05) is 37.3 Å². The minimum absolute atomic E-state index is 0.0915. The number of likely N-dealkylation sites (tertiary alicyclic amines) is 1. The smallest absolute Gasteiger partial charge is 0.295 e. The standard InChI is InChI=1S/C29H32N2O5/c1-5-16-36-23-11-8-19(9-12-23)26-25(28(33)29(34)31(26)15-14-30(2)3)27(32)22-7-6-21-18-24(35-4)13-10-20(21)17-22/h6-13,17-18,26,32H,5,14-16H2,1-4H3/b27-25+. The highest BCUT2D eigenvalue weighted by molar-refractivity contribution is 6.46. The fourth-order valence-electron chi connectivity index (χ4n) is 4.38. The molecule has 1 unspecified atom stereocenters. The van der Waals surface area contributed by atoms with Gasteiger partial charge in [0.05, 0.1) is 25.3 Å². The van der Waals surface area contributed by atoms with Gasteiger partial charge >= 0.3 is 0 Å². The number of Topliss-reactive ketones (excluding diaryl/α,β-unsaturated/α-hetero) is 1. The second-order valence-corrected chi connectivity index (χ2v) is 9.14. The fourth-order valence-corrected chi connectivity index (χ4v) is 4.38. The van der Waals surface area contributed by atoms with Crippen LogP contribution in [0.3, 0.4) is 0 Å². The largest absolute Gasteiger partial charge is 0.507 e. The summed E-state index contributed by atoms with van der Waals surface area (Å²) in [6.07, 6.45) is 0.894. The molecule has 36 heavy (non-hydrogen) atoms. The van der Waals surface area contributed by atoms with Gasteiger partial charge in [0.1, 0.15) is 17.3 Å². The van der Waals surface area contributed by atoms with Gasteiger partial charge in [-0.2, -0.15) is 0 Å². The second kappa shape index (κ2) is 10.8. The lowest BCUT2D eigenvalue weighted by Crippen LogP contribution is -2.35. The number of carbonyl (C=O) groups is 2. The highest BCUT2D eigenvalue weighted by Gasteiger charge is 2.45. The summed E-state index contributed by atoms with van der Waals surface area (Å²) in [5, 5.41) is 13.2. The Morgan fingerprint density at radius 3 is 2.31 bits per heavy atom. The summed E-state index contributed by atoms with van der Waals surface area (Å²) >= 11 is 0. The van der Waals surface area contributed by atoms with Gasteiger partial charge in [-0.15, -0.1) is 0 Å². The molecule has 1 fully saturated rings. The monoisotopic (exact) mass is 488 g/mol. The Morgan fingerprint density at radius 2 is 1.64 bits per heavy atom. The normalized spacial score (nSPS) is 17.2. The van der Waals surface area contributed by atoms with Crippen LogP contribution in [-0.2, 0) is 9.59 Å². The van der Waals surface area contributed by atoms with Crippen LogP contribution in [0.25, 0.3) is 16.5 Å². The third kappa shape index (κ3) is 5.06. The molecule has 1 atom stereocenters. The zero-order valence-corrected chi connectivity index (χ0v) is 21.2. The number of hydrogen-bond donors (Lipinski definition) is 1. The summed E-state index contributed by atoms with van der Waals surface area (Å²) in [6, 6.07) is 17.7. The summed E-state index contributed by atoms with van der Waals surface area (Å²) < 4.78 is 11.0. The van der Waals surface area contributed by atoms with Crippen LogP contribution in [0.15, 0.2) is 66.2 Å². The van der Waals surface area contributed by atoms with Crippen molar-refractivity contribution in [3.05, 3.63) is 77.4 Å². The van der Waals surface area contributed by atoms with Crippen molar-refractivity contribution in [2.75, 3.05) is 40.9 Å². The molecule has 0 bridgehead atoms. The molecule has 7 nitrogen and oxygen atoms in total. The van der Waals surface area contributed by atoms with Gasteiger partial charge in [0, 0.05) is 18.7 Å². The van der Waals surface area contributed by atoms with Crippen LogP contribution in [-0.4, -0.2) is 67.5 Å². The third-order valence-corrected chi connectivity index (χ3v) is 6.32. The van der Waals surface area contributed by atoms with Crippen molar-refractivity contribution in [1.82, 2.24) is 9.80 Å². The minimum atomic E-state index is -0.697. The van der Waals surface area contributed by atoms with E-state index in [0.717, 1.165) is 34.3 Å². The van der Waals surface area contributed by atoms with Gasteiger partial charge in [0.2, 0.25) is 0 Å². The molecule has 1 aliphatic heterocycles. The van der Waals surface area contributed by atoms with E-state index in [0.29, 0.717) is 25.3 Å². The van der Waals surface area contributed by atoms with E-state index >= 15 is 0 Å². The zero-order valence-electron chi connectivity index (χ0n) is 21.2. The van der Waals surface area contributed by atoms with Gasteiger partial charge in [-0.3, -0.25) is 9.59 Å². The first-order valence-corrected chi connectivity index (χ1v) is 12.1. The molecule has 188 valence electrons. The summed E-state index contributed by atoms with van der Waals surface area (Å²) in [5.74, 6) is -0.0273. The quantitative estimate of drug-likeness (QED) is 0.269. The Labute approximate surface area is 211 Å². The molecule has 0 aliphatic carbocycles. The molecular formula is C29H32N2O5. The average molecular weight is 489 g/mol. The Hall–Kier alpha value is -3.84. The average Bonchev–Trinajstić information content (AvgIpc) is 3.14. The number of likely N-dealkylation sites (N-methyl/N-ethyl adjacent to an activating group) is 1. The Kier molecular flexibility index (Phi) is 7.60. The molecule has 1 heterocycles. The molecule has 0 radical (unpaired) electrons. The molecule has 0 spiro atoms. The van der Waals surface area contributed by atoms with Crippen molar-refractivity contribution in [2.24, 2.45) is 0 Å². The molecular weight excluding hydrogens is 456 g/mol. The maximum atomic E-state index is 13.3. The van der Waals surface area contributed by atoms with Crippen molar-refractivity contribution in [3.8, 4) is 11.5 Å². The highest BCUT2D eigenvalue weighted by atomic mass is 16.5. The Bertz CT molecular complexity index is 1300. The molecule has 7 heteroatoms. The molecule has 1 aliphatic rings. The first-order chi connectivity index (χ1) is 17.3. The topological polar surface area (TPSA) is 79.3 Å². The molecule has 1 saturated heterocycles. The maximum Gasteiger partial charge on any atom is 0.295 e. The number of fused-ring (bicyclic) bond motifs is 1. The SMILES string of the molecule is CCCOc1ccc(C2/C(=C(\O)c3ccc4cc(OC)ccc4c3)C(=O)C(=O)N2CCN(C)C)cc1. The van der Waals surface area contributed by atoms with Crippen LogP contribution >= 0.6 is 0 Å². The van der Waals surface area contributed by atoms with E-state index in [-0.39, 0.29) is 11.3 Å². The van der Waals surface area contributed by atoms with Crippen molar-refractivity contribution in [3.63, 3.8) is 0 Å². The molecule has 3 aromatic carbocycles. The summed E-state index contributed by atoms with van der Waals surface area (Å²) in [7, 11) is 5.43. The van der Waals surface area contributed by atoms with Crippen molar-refractivity contribution >= 4 is 28.2 Å². The predicted octanol–water partition coefficient (Wildman–Crippen LogP) is 4.62. The number of benzene rings is 3. The van der Waals surface area contributed by atoms with Crippen molar-refractivity contribution in [1.29, 1.82) is 0 Å². The number of ether oxygens (including phenoxy) is 2. The highest BCUT2D eigenvalue weighted by Crippen LogP contribution is 2.40. The van der Waals surface area contributed by atoms with Gasteiger partial charge in [0.25, 0.3) is 11.7 Å². The first-order valence-electron chi connectivity index (χ1n) is 12.1. The number of aliphatic hydroxyl groups is 1. The van der Waals surface area contributed by atoms with E-state index < -0.39 is 17.7 Å². The lowest BCUT2D eigenvalue weighted by atomic mass is 9.94. The van der Waals surface area contributed by atoms with Crippen molar-refractivity contribution < 1.29 is 24.2 Å².